The Kier molecular flexibility index (Phi) is 7.88. The van der Waals surface area contributed by atoms with Crippen molar-refractivity contribution in [3.05, 3.63) is 59.7 Å². The second-order valence-corrected chi connectivity index (χ2v) is 6.95. The summed E-state index contributed by atoms with van der Waals surface area (Å²) in [6.45, 7) is 8.67. The third-order valence-electron chi connectivity index (χ3n) is 4.28. The van der Waals surface area contributed by atoms with Crippen LogP contribution in [0.2, 0.25) is 0 Å². The molecule has 2 N–H and O–H groups in total. The molecule has 0 unspecified atom stereocenters. The van der Waals surface area contributed by atoms with Gasteiger partial charge in [0.25, 0.3) is 0 Å². The van der Waals surface area contributed by atoms with Gasteiger partial charge < -0.3 is 15.4 Å². The lowest BCUT2D eigenvalue weighted by Gasteiger charge is -2.23. The number of benzene rings is 2. The van der Waals surface area contributed by atoms with E-state index in [0.717, 1.165) is 18.0 Å². The van der Waals surface area contributed by atoms with Crippen LogP contribution < -0.4 is 15.4 Å². The molecule has 2 aromatic rings. The van der Waals surface area contributed by atoms with Crippen LogP contribution >= 0.6 is 12.2 Å². The zero-order valence-corrected chi connectivity index (χ0v) is 16.9. The second-order valence-electron chi connectivity index (χ2n) is 6.54. The van der Waals surface area contributed by atoms with E-state index >= 15 is 0 Å². The summed E-state index contributed by atoms with van der Waals surface area (Å²) in [5.41, 5.74) is 3.52. The molecule has 0 atom stereocenters. The molecule has 0 aliphatic carbocycles. The highest BCUT2D eigenvalue weighted by Crippen LogP contribution is 2.16. The van der Waals surface area contributed by atoms with Gasteiger partial charge in [0.2, 0.25) is 0 Å². The molecular formula is C21H29N3OS. The zero-order chi connectivity index (χ0) is 18.9. The molecule has 0 saturated carbocycles. The number of ether oxygens (including phenoxy) is 1. The average Bonchev–Trinajstić information content (AvgIpc) is 2.63. The number of nitrogens with one attached hydrogen (secondary N) is 2. The maximum absolute atomic E-state index is 5.45. The van der Waals surface area contributed by atoms with Crippen molar-refractivity contribution in [1.29, 1.82) is 0 Å². The van der Waals surface area contributed by atoms with Gasteiger partial charge in [-0.05, 0) is 75.4 Å². The predicted molar refractivity (Wildman–Crippen MR) is 114 cm³/mol. The summed E-state index contributed by atoms with van der Waals surface area (Å²) >= 11 is 5.43. The van der Waals surface area contributed by atoms with Crippen molar-refractivity contribution in [3.8, 4) is 5.75 Å². The van der Waals surface area contributed by atoms with Crippen LogP contribution in [-0.2, 0) is 13.1 Å². The topological polar surface area (TPSA) is 36.5 Å². The van der Waals surface area contributed by atoms with Gasteiger partial charge >= 0.3 is 0 Å². The summed E-state index contributed by atoms with van der Waals surface area (Å²) in [6, 6.07) is 16.8. The van der Waals surface area contributed by atoms with Crippen molar-refractivity contribution in [1.82, 2.24) is 10.2 Å². The first-order chi connectivity index (χ1) is 12.5. The lowest BCUT2D eigenvalue weighted by molar-refractivity contribution is 0.265. The first-order valence-corrected chi connectivity index (χ1v) is 9.45. The fourth-order valence-corrected chi connectivity index (χ4v) is 2.68. The van der Waals surface area contributed by atoms with Gasteiger partial charge in [0.1, 0.15) is 5.75 Å². The highest BCUT2D eigenvalue weighted by Gasteiger charge is 2.08. The summed E-state index contributed by atoms with van der Waals surface area (Å²) in [5, 5.41) is 7.13. The zero-order valence-electron chi connectivity index (χ0n) is 16.1. The van der Waals surface area contributed by atoms with Crippen molar-refractivity contribution < 1.29 is 4.74 Å². The molecule has 0 fully saturated rings. The molecular weight excluding hydrogens is 342 g/mol. The van der Waals surface area contributed by atoms with E-state index in [2.05, 4.69) is 60.7 Å². The van der Waals surface area contributed by atoms with E-state index in [1.54, 1.807) is 0 Å². The predicted octanol–water partition coefficient (Wildman–Crippen LogP) is 4.41. The van der Waals surface area contributed by atoms with E-state index in [9.17, 15) is 0 Å². The van der Waals surface area contributed by atoms with Crippen LogP contribution in [0.25, 0.3) is 0 Å². The molecule has 5 heteroatoms. The van der Waals surface area contributed by atoms with E-state index < -0.39 is 0 Å². The number of anilines is 1. The minimum atomic E-state index is 0.512. The highest BCUT2D eigenvalue weighted by atomic mass is 32.1. The molecule has 0 aliphatic rings. The molecule has 0 heterocycles. The number of hydrogen-bond acceptors (Lipinski definition) is 3. The summed E-state index contributed by atoms with van der Waals surface area (Å²) in [4.78, 5) is 2.33. The lowest BCUT2D eigenvalue weighted by atomic mass is 10.1. The Bertz CT molecular complexity index is 701. The maximum Gasteiger partial charge on any atom is 0.171 e. The summed E-state index contributed by atoms with van der Waals surface area (Å²) in [5.74, 6) is 0.861. The van der Waals surface area contributed by atoms with E-state index in [0.29, 0.717) is 24.3 Å². The smallest absolute Gasteiger partial charge is 0.171 e. The minimum absolute atomic E-state index is 0.512. The highest BCUT2D eigenvalue weighted by molar-refractivity contribution is 7.80. The third-order valence-corrected chi connectivity index (χ3v) is 4.53. The van der Waals surface area contributed by atoms with Crippen molar-refractivity contribution in [2.45, 2.75) is 39.9 Å². The van der Waals surface area contributed by atoms with Crippen LogP contribution in [0.5, 0.6) is 5.75 Å². The van der Waals surface area contributed by atoms with Crippen LogP contribution in [0, 0.1) is 0 Å². The molecule has 26 heavy (non-hydrogen) atoms. The molecule has 0 aromatic heterocycles. The van der Waals surface area contributed by atoms with Crippen LogP contribution in [0.15, 0.2) is 48.5 Å². The van der Waals surface area contributed by atoms with Gasteiger partial charge in [0.15, 0.2) is 5.11 Å². The Balaban J connectivity index is 1.91. The number of thiocarbonyl (C=S) groups is 1. The summed E-state index contributed by atoms with van der Waals surface area (Å²) < 4.78 is 5.45. The number of nitrogens with zero attached hydrogens (tertiary/aromatic N) is 1. The minimum Gasteiger partial charge on any atom is -0.494 e. The monoisotopic (exact) mass is 371 g/mol. The van der Waals surface area contributed by atoms with Gasteiger partial charge in [0.05, 0.1) is 6.61 Å². The van der Waals surface area contributed by atoms with E-state index in [1.807, 2.05) is 31.2 Å². The average molecular weight is 372 g/mol. The Hall–Kier alpha value is -2.11. The largest absolute Gasteiger partial charge is 0.494 e. The normalized spacial score (nSPS) is 10.8. The van der Waals surface area contributed by atoms with E-state index in [4.69, 9.17) is 17.0 Å². The van der Waals surface area contributed by atoms with E-state index in [1.165, 1.54) is 11.1 Å². The summed E-state index contributed by atoms with van der Waals surface area (Å²) in [6.07, 6.45) is 0. The van der Waals surface area contributed by atoms with Gasteiger partial charge in [-0.3, -0.25) is 4.90 Å². The SMILES string of the molecule is CCOc1ccc(NC(=S)NCc2ccccc2CN(C)C(C)C)cc1. The van der Waals surface area contributed by atoms with Gasteiger partial charge in [0, 0.05) is 24.8 Å². The van der Waals surface area contributed by atoms with Gasteiger partial charge in [-0.1, -0.05) is 24.3 Å². The standard InChI is InChI=1S/C21H29N3OS/c1-5-25-20-12-10-19(11-13-20)23-21(26)22-14-17-8-6-7-9-18(17)15-24(4)16(2)3/h6-13,16H,5,14-15H2,1-4H3,(H2,22,23,26). The molecule has 0 saturated heterocycles. The molecule has 2 rings (SSSR count). The lowest BCUT2D eigenvalue weighted by Crippen LogP contribution is -2.29. The molecule has 0 bridgehead atoms. The molecule has 4 nitrogen and oxygen atoms in total. The van der Waals surface area contributed by atoms with Crippen LogP contribution in [0.1, 0.15) is 31.9 Å². The summed E-state index contributed by atoms with van der Waals surface area (Å²) in [7, 11) is 2.15. The third kappa shape index (κ3) is 6.32. The van der Waals surface area contributed by atoms with Crippen LogP contribution in [-0.4, -0.2) is 29.7 Å². The Labute approximate surface area is 162 Å². The maximum atomic E-state index is 5.45. The van der Waals surface area contributed by atoms with Crippen molar-refractivity contribution in [2.75, 3.05) is 19.0 Å². The van der Waals surface area contributed by atoms with Gasteiger partial charge in [-0.15, -0.1) is 0 Å². The Morgan fingerprint density at radius 1 is 1.08 bits per heavy atom. The van der Waals surface area contributed by atoms with Crippen LogP contribution in [0.3, 0.4) is 0 Å². The molecule has 0 aliphatic heterocycles. The first-order valence-electron chi connectivity index (χ1n) is 9.04. The molecule has 2 aromatic carbocycles. The number of hydrogen-bond donors (Lipinski definition) is 2. The Morgan fingerprint density at radius 3 is 2.35 bits per heavy atom. The Morgan fingerprint density at radius 2 is 1.73 bits per heavy atom. The van der Waals surface area contributed by atoms with Crippen molar-refractivity contribution >= 4 is 23.0 Å². The first kappa shape index (κ1) is 20.2. The van der Waals surface area contributed by atoms with Crippen molar-refractivity contribution in [3.63, 3.8) is 0 Å². The number of rotatable bonds is 8. The molecule has 0 amide bonds. The fourth-order valence-electron chi connectivity index (χ4n) is 2.49. The quantitative estimate of drug-likeness (QED) is 0.672. The van der Waals surface area contributed by atoms with Gasteiger partial charge in [-0.2, -0.15) is 0 Å². The molecule has 0 radical (unpaired) electrons. The van der Waals surface area contributed by atoms with Crippen molar-refractivity contribution in [2.24, 2.45) is 0 Å². The fraction of sp³-hybridized carbons (Fsp3) is 0.381. The van der Waals surface area contributed by atoms with Crippen LogP contribution in [0.4, 0.5) is 5.69 Å². The molecule has 140 valence electrons. The van der Waals surface area contributed by atoms with Gasteiger partial charge in [-0.25, -0.2) is 0 Å². The molecule has 0 spiro atoms. The van der Waals surface area contributed by atoms with E-state index in [-0.39, 0.29) is 0 Å². The second kappa shape index (κ2) is 10.1.